The van der Waals surface area contributed by atoms with Crippen LogP contribution in [0.3, 0.4) is 0 Å². The van der Waals surface area contributed by atoms with Crippen LogP contribution in [0.5, 0.6) is 0 Å². The van der Waals surface area contributed by atoms with Crippen molar-refractivity contribution in [2.45, 2.75) is 80.1 Å². The summed E-state index contributed by atoms with van der Waals surface area (Å²) in [5, 5.41) is 0. The van der Waals surface area contributed by atoms with Gasteiger partial charge in [-0.3, -0.25) is 9.59 Å². The van der Waals surface area contributed by atoms with Crippen LogP contribution in [0.1, 0.15) is 104 Å². The summed E-state index contributed by atoms with van der Waals surface area (Å²) < 4.78 is 10.0. The van der Waals surface area contributed by atoms with Crippen LogP contribution in [-0.4, -0.2) is 36.1 Å². The Morgan fingerprint density at radius 3 is 1.94 bits per heavy atom. The van der Waals surface area contributed by atoms with Gasteiger partial charge in [0.15, 0.2) is 0 Å². The quantitative estimate of drug-likeness (QED) is 0.116. The van der Waals surface area contributed by atoms with Gasteiger partial charge < -0.3 is 19.4 Å². The van der Waals surface area contributed by atoms with Crippen LogP contribution >= 0.6 is 0 Å². The van der Waals surface area contributed by atoms with Gasteiger partial charge in [0, 0.05) is 12.8 Å². The van der Waals surface area contributed by atoms with Crippen molar-refractivity contribution in [1.82, 2.24) is 19.9 Å². The number of methoxy groups -OCH3 is 2. The van der Waals surface area contributed by atoms with Gasteiger partial charge in [0.25, 0.3) is 0 Å². The minimum atomic E-state index is -0.285. The molecule has 6 rings (SSSR count). The topological polar surface area (TPSA) is 107 Å². The molecule has 8 nitrogen and oxygen atoms in total. The molecule has 2 aliphatic rings. The van der Waals surface area contributed by atoms with Crippen molar-refractivity contribution in [2.75, 3.05) is 14.2 Å². The summed E-state index contributed by atoms with van der Waals surface area (Å²) >= 11 is 0. The molecule has 0 saturated carbocycles. The minimum Gasteiger partial charge on any atom is -0.657 e. The van der Waals surface area contributed by atoms with Gasteiger partial charge in [-0.2, -0.15) is 0 Å². The molecule has 0 unspecified atom stereocenters. The first-order valence-electron chi connectivity index (χ1n) is 18.0. The number of allylic oxidation sites excluding steroid dienone is 4. The largest absolute Gasteiger partial charge is 2.00 e. The van der Waals surface area contributed by atoms with E-state index in [2.05, 4.69) is 70.7 Å². The number of nitrogens with zero attached hydrogens (tertiary/aromatic N) is 4. The fraction of sp³-hybridized carbons (Fsp3) is 0.318. The van der Waals surface area contributed by atoms with E-state index in [9.17, 15) is 9.59 Å². The van der Waals surface area contributed by atoms with E-state index in [1.165, 1.54) is 14.2 Å². The van der Waals surface area contributed by atoms with E-state index in [0.29, 0.717) is 12.8 Å². The van der Waals surface area contributed by atoms with Crippen molar-refractivity contribution < 1.29 is 38.5 Å². The Morgan fingerprint density at radius 2 is 1.32 bits per heavy atom. The summed E-state index contributed by atoms with van der Waals surface area (Å²) in [5.74, 6) is -0.570. The summed E-state index contributed by atoms with van der Waals surface area (Å²) in [7, 11) is 2.81. The summed E-state index contributed by atoms with van der Waals surface area (Å²) in [5.41, 5.74) is 18.0. The second-order valence-electron chi connectivity index (χ2n) is 13.4. The second-order valence-corrected chi connectivity index (χ2v) is 13.4. The molecule has 5 heterocycles. The van der Waals surface area contributed by atoms with E-state index in [0.717, 1.165) is 119 Å². The molecule has 4 aromatic rings. The van der Waals surface area contributed by atoms with Crippen molar-refractivity contribution in [3.8, 4) is 11.1 Å². The summed E-state index contributed by atoms with van der Waals surface area (Å²) in [6.07, 6.45) is 4.77. The van der Waals surface area contributed by atoms with Gasteiger partial charge in [0.05, 0.1) is 37.0 Å². The molecule has 0 atom stereocenters. The third kappa shape index (κ3) is 7.50. The van der Waals surface area contributed by atoms with E-state index in [1.54, 1.807) is 0 Å². The van der Waals surface area contributed by atoms with Gasteiger partial charge in [0.2, 0.25) is 0 Å². The van der Waals surface area contributed by atoms with Crippen molar-refractivity contribution in [3.05, 3.63) is 99.6 Å². The van der Waals surface area contributed by atoms with Gasteiger partial charge in [-0.25, -0.2) is 9.97 Å². The summed E-state index contributed by atoms with van der Waals surface area (Å²) in [6, 6.07) is 14.5. The van der Waals surface area contributed by atoms with Gasteiger partial charge in [-0.1, -0.05) is 91.2 Å². The molecule has 1 aromatic carbocycles. The third-order valence-corrected chi connectivity index (χ3v) is 10.5. The fourth-order valence-electron chi connectivity index (χ4n) is 7.46. The molecular formula is C44H46N4O4Zn. The molecule has 9 heteroatoms. The van der Waals surface area contributed by atoms with Gasteiger partial charge >= 0.3 is 31.4 Å². The van der Waals surface area contributed by atoms with Crippen LogP contribution in [-0.2, 0) is 51.4 Å². The number of ether oxygens (including phenoxy) is 2. The standard InChI is InChI=1S/C44H46N4O4.Zn/c1-10-28-13-15-29(16-14-28)42-43-26(6)30(11-2)36(47-43)21-34-24(4)32(17-19-40(49)51-8)38(45-34)23-39-33(18-20-41(50)52-9)25(5)35(46-39)22-37-31(12-3)27(7)44(42)48-37;/h10,13-16,21-23H,1,11-12,17-20H2,2-9H3;/q-2;+2. The maximum absolute atomic E-state index is 12.3. The SMILES string of the molecule is C=Cc1ccc(-c2c3nc(cc4[n-]c(cc5nc(cc6[n-]c2c(C)c6CC)C(C)=C5CCC(=O)OC)c(CCC(=O)OC)c4C)C(CC)=C3C)cc1.[Zn+2]. The average Bonchev–Trinajstić information content (AvgIpc) is 3.82. The molecule has 0 fully saturated rings. The Labute approximate surface area is 324 Å². The number of esters is 2. The second kappa shape index (κ2) is 16.4. The van der Waals surface area contributed by atoms with Crippen LogP contribution in [0, 0.1) is 13.8 Å². The molecule has 53 heavy (non-hydrogen) atoms. The number of hydrogen-bond acceptors (Lipinski definition) is 6. The molecule has 2 aliphatic heterocycles. The first-order chi connectivity index (χ1) is 25.0. The number of carbonyl (C=O) groups excluding carboxylic acids is 2. The van der Waals surface area contributed by atoms with Gasteiger partial charge in [0.1, 0.15) is 0 Å². The monoisotopic (exact) mass is 758 g/mol. The number of benzene rings is 1. The molecule has 0 aliphatic carbocycles. The van der Waals surface area contributed by atoms with E-state index < -0.39 is 0 Å². The van der Waals surface area contributed by atoms with Crippen LogP contribution in [0.25, 0.3) is 61.6 Å². The first kappa shape index (κ1) is 39.3. The van der Waals surface area contributed by atoms with E-state index >= 15 is 0 Å². The molecule has 0 N–H and O–H groups in total. The summed E-state index contributed by atoms with van der Waals surface area (Å²) in [4.78, 5) is 45.8. The smallest absolute Gasteiger partial charge is 0.657 e. The third-order valence-electron chi connectivity index (χ3n) is 10.5. The first-order valence-corrected chi connectivity index (χ1v) is 18.0. The Balaban J connectivity index is 0.00000541. The Hall–Kier alpha value is -4.88. The number of hydrogen-bond donors (Lipinski definition) is 0. The zero-order valence-electron chi connectivity index (χ0n) is 32.2. The van der Waals surface area contributed by atoms with Crippen LogP contribution in [0.4, 0.5) is 0 Å². The predicted molar refractivity (Wildman–Crippen MR) is 210 cm³/mol. The Bertz CT molecular complexity index is 2340. The Morgan fingerprint density at radius 1 is 0.717 bits per heavy atom. The van der Waals surface area contributed by atoms with Gasteiger partial charge in [-0.05, 0) is 92.4 Å². The van der Waals surface area contributed by atoms with E-state index in [1.807, 2.05) is 26.0 Å². The van der Waals surface area contributed by atoms with Crippen molar-refractivity contribution in [1.29, 1.82) is 0 Å². The molecule has 0 radical (unpaired) electrons. The van der Waals surface area contributed by atoms with Crippen LogP contribution in [0.2, 0.25) is 0 Å². The van der Waals surface area contributed by atoms with Crippen molar-refractivity contribution in [3.63, 3.8) is 0 Å². The molecule has 0 spiro atoms. The molecule has 0 saturated heterocycles. The predicted octanol–water partition coefficient (Wildman–Crippen LogP) is 9.39. The van der Waals surface area contributed by atoms with Crippen molar-refractivity contribution >= 4 is 62.4 Å². The fourth-order valence-corrected chi connectivity index (χ4v) is 7.46. The molecule has 268 valence electrons. The van der Waals surface area contributed by atoms with Crippen molar-refractivity contribution in [2.24, 2.45) is 0 Å². The zero-order chi connectivity index (χ0) is 37.3. The molecule has 8 bridgehead atoms. The average molecular weight is 760 g/mol. The van der Waals surface area contributed by atoms with Crippen LogP contribution < -0.4 is 9.97 Å². The Kier molecular flexibility index (Phi) is 12.2. The number of fused-ring (bicyclic) bond motifs is 8. The molecule has 0 amide bonds. The number of rotatable bonds is 10. The maximum Gasteiger partial charge on any atom is 2.00 e. The van der Waals surface area contributed by atoms with Crippen LogP contribution in [0.15, 0.2) is 49.0 Å². The normalized spacial score (nSPS) is 12.5. The molecule has 3 aromatic heterocycles. The zero-order valence-corrected chi connectivity index (χ0v) is 35.2. The minimum absolute atomic E-state index is 0. The van der Waals surface area contributed by atoms with Gasteiger partial charge in [-0.15, -0.1) is 22.1 Å². The maximum atomic E-state index is 12.3. The molecular weight excluding hydrogens is 714 g/mol. The number of aryl methyl sites for hydroxylation is 4. The van der Waals surface area contributed by atoms with E-state index in [4.69, 9.17) is 29.4 Å². The summed E-state index contributed by atoms with van der Waals surface area (Å²) in [6.45, 7) is 16.7. The van der Waals surface area contributed by atoms with E-state index in [-0.39, 0.29) is 44.3 Å². The number of carbonyl (C=O) groups is 2. The number of aromatic nitrogens is 4.